The van der Waals surface area contributed by atoms with Gasteiger partial charge < -0.3 is 9.74 Å². The largest absolute Gasteiger partial charge is 0.383 e. The number of hydrogen-bond acceptors (Lipinski definition) is 5. The number of hydrogen-bond donors (Lipinski definition) is 0. The van der Waals surface area contributed by atoms with E-state index in [0.29, 0.717) is 13.0 Å². The van der Waals surface area contributed by atoms with Crippen molar-refractivity contribution in [2.75, 3.05) is 27.2 Å². The molecule has 0 aromatic heterocycles. The molecule has 0 aromatic carbocycles. The molecular weight excluding hydrogens is 232 g/mol. The van der Waals surface area contributed by atoms with Gasteiger partial charge in [0, 0.05) is 32.4 Å². The SMILES string of the molecule is CN(C)C=C1CCN(OC(=O)C(C)(C)C)CC1=O. The van der Waals surface area contributed by atoms with E-state index in [4.69, 9.17) is 4.84 Å². The minimum absolute atomic E-state index is 0.0108. The fraction of sp³-hybridized carbons (Fsp3) is 0.692. The molecule has 1 aliphatic rings. The minimum Gasteiger partial charge on any atom is -0.383 e. The Kier molecular flexibility index (Phi) is 4.51. The third kappa shape index (κ3) is 4.14. The second kappa shape index (κ2) is 5.52. The lowest BCUT2D eigenvalue weighted by Gasteiger charge is -2.28. The van der Waals surface area contributed by atoms with Gasteiger partial charge in [0.1, 0.15) is 0 Å². The van der Waals surface area contributed by atoms with Gasteiger partial charge in [-0.05, 0) is 27.2 Å². The topological polar surface area (TPSA) is 49.9 Å². The first-order chi connectivity index (χ1) is 8.20. The Morgan fingerprint density at radius 3 is 2.44 bits per heavy atom. The highest BCUT2D eigenvalue weighted by Gasteiger charge is 2.29. The maximum Gasteiger partial charge on any atom is 0.330 e. The van der Waals surface area contributed by atoms with E-state index in [1.54, 1.807) is 20.8 Å². The van der Waals surface area contributed by atoms with E-state index in [-0.39, 0.29) is 18.3 Å². The molecule has 102 valence electrons. The van der Waals surface area contributed by atoms with E-state index in [1.807, 2.05) is 25.2 Å². The summed E-state index contributed by atoms with van der Waals surface area (Å²) in [5.41, 5.74) is 0.228. The van der Waals surface area contributed by atoms with Gasteiger partial charge in [-0.2, -0.15) is 0 Å². The number of hydroxylamine groups is 2. The van der Waals surface area contributed by atoms with Crippen LogP contribution in [-0.4, -0.2) is 48.9 Å². The van der Waals surface area contributed by atoms with Crippen molar-refractivity contribution < 1.29 is 14.4 Å². The molecule has 0 unspecified atom stereocenters. The van der Waals surface area contributed by atoms with Crippen molar-refractivity contribution >= 4 is 11.8 Å². The number of rotatable bonds is 2. The maximum atomic E-state index is 11.8. The fourth-order valence-electron chi connectivity index (χ4n) is 1.51. The first-order valence-corrected chi connectivity index (χ1v) is 6.08. The highest BCUT2D eigenvalue weighted by atomic mass is 16.7. The Bertz CT molecular complexity index is 367. The summed E-state index contributed by atoms with van der Waals surface area (Å²) in [6, 6.07) is 0. The van der Waals surface area contributed by atoms with Crippen LogP contribution < -0.4 is 0 Å². The zero-order valence-electron chi connectivity index (χ0n) is 11.8. The third-order valence-corrected chi connectivity index (χ3v) is 2.55. The van der Waals surface area contributed by atoms with Crippen LogP contribution in [0.15, 0.2) is 11.8 Å². The zero-order chi connectivity index (χ0) is 13.9. The van der Waals surface area contributed by atoms with Crippen molar-refractivity contribution in [2.45, 2.75) is 27.2 Å². The van der Waals surface area contributed by atoms with Crippen LogP contribution in [0.5, 0.6) is 0 Å². The molecule has 0 aromatic rings. The molecular formula is C13H22N2O3. The van der Waals surface area contributed by atoms with E-state index in [9.17, 15) is 9.59 Å². The number of carbonyl (C=O) groups excluding carboxylic acids is 2. The summed E-state index contributed by atoms with van der Waals surface area (Å²) < 4.78 is 0. The van der Waals surface area contributed by atoms with E-state index in [2.05, 4.69) is 0 Å². The molecule has 0 saturated carbocycles. The Balaban J connectivity index is 2.57. The zero-order valence-corrected chi connectivity index (χ0v) is 11.8. The van der Waals surface area contributed by atoms with Crippen LogP contribution >= 0.6 is 0 Å². The number of Topliss-reactive ketones (excluding diaryl/α,β-unsaturated/α-hetero) is 1. The molecule has 0 N–H and O–H groups in total. The summed E-state index contributed by atoms with van der Waals surface area (Å²) in [7, 11) is 3.76. The second-order valence-corrected chi connectivity index (χ2v) is 5.78. The van der Waals surface area contributed by atoms with Crippen LogP contribution in [0.25, 0.3) is 0 Å². The van der Waals surface area contributed by atoms with Crippen LogP contribution in [-0.2, 0) is 14.4 Å². The molecule has 1 heterocycles. The molecule has 0 atom stereocenters. The molecule has 1 rings (SSSR count). The molecule has 18 heavy (non-hydrogen) atoms. The third-order valence-electron chi connectivity index (χ3n) is 2.55. The summed E-state index contributed by atoms with van der Waals surface area (Å²) in [5, 5.41) is 1.45. The normalized spacial score (nSPS) is 20.1. The van der Waals surface area contributed by atoms with Gasteiger partial charge in [-0.25, -0.2) is 4.79 Å². The van der Waals surface area contributed by atoms with Crippen molar-refractivity contribution in [2.24, 2.45) is 5.41 Å². The molecule has 0 bridgehead atoms. The summed E-state index contributed by atoms with van der Waals surface area (Å²) in [5.74, 6) is -0.299. The first-order valence-electron chi connectivity index (χ1n) is 6.08. The predicted octanol–water partition coefficient (Wildman–Crippen LogP) is 1.21. The molecule has 0 spiro atoms. The number of nitrogens with zero attached hydrogens (tertiary/aromatic N) is 2. The van der Waals surface area contributed by atoms with Crippen LogP contribution in [0.4, 0.5) is 0 Å². The summed E-state index contributed by atoms with van der Waals surface area (Å²) >= 11 is 0. The molecule has 1 aliphatic heterocycles. The predicted molar refractivity (Wildman–Crippen MR) is 68.5 cm³/mol. The minimum atomic E-state index is -0.553. The van der Waals surface area contributed by atoms with Crippen molar-refractivity contribution in [3.63, 3.8) is 0 Å². The Morgan fingerprint density at radius 1 is 1.39 bits per heavy atom. The Hall–Kier alpha value is -1.36. The van der Waals surface area contributed by atoms with Crippen LogP contribution in [0, 0.1) is 5.41 Å². The second-order valence-electron chi connectivity index (χ2n) is 5.78. The number of piperidine rings is 1. The highest BCUT2D eigenvalue weighted by molar-refractivity contribution is 5.97. The molecule has 1 fully saturated rings. The molecule has 5 nitrogen and oxygen atoms in total. The van der Waals surface area contributed by atoms with Gasteiger partial charge in [0.15, 0.2) is 5.78 Å². The Morgan fingerprint density at radius 2 is 2.00 bits per heavy atom. The van der Waals surface area contributed by atoms with Crippen molar-refractivity contribution in [1.29, 1.82) is 0 Å². The monoisotopic (exact) mass is 254 g/mol. The molecule has 5 heteroatoms. The molecule has 1 saturated heterocycles. The number of carbonyl (C=O) groups is 2. The lowest BCUT2D eigenvalue weighted by molar-refractivity contribution is -0.201. The van der Waals surface area contributed by atoms with Crippen molar-refractivity contribution in [1.82, 2.24) is 9.96 Å². The maximum absolute atomic E-state index is 11.8. The summed E-state index contributed by atoms with van der Waals surface area (Å²) in [6.45, 7) is 6.07. The number of ketones is 1. The first kappa shape index (κ1) is 14.7. The van der Waals surface area contributed by atoms with E-state index in [1.165, 1.54) is 5.06 Å². The highest BCUT2D eigenvalue weighted by Crippen LogP contribution is 2.19. The van der Waals surface area contributed by atoms with Crippen LogP contribution in [0.1, 0.15) is 27.2 Å². The van der Waals surface area contributed by atoms with Gasteiger partial charge in [-0.3, -0.25) is 4.79 Å². The van der Waals surface area contributed by atoms with Gasteiger partial charge in [0.25, 0.3) is 0 Å². The summed E-state index contributed by atoms with van der Waals surface area (Å²) in [4.78, 5) is 30.6. The van der Waals surface area contributed by atoms with Gasteiger partial charge in [0.05, 0.1) is 12.0 Å². The molecule has 0 amide bonds. The van der Waals surface area contributed by atoms with Gasteiger partial charge in [-0.15, -0.1) is 5.06 Å². The van der Waals surface area contributed by atoms with Crippen molar-refractivity contribution in [3.8, 4) is 0 Å². The van der Waals surface area contributed by atoms with Crippen LogP contribution in [0.2, 0.25) is 0 Å². The standard InChI is InChI=1S/C13H22N2O3/c1-13(2,3)12(17)18-15-7-6-10(8-14(4)5)11(16)9-15/h8H,6-7,9H2,1-5H3. The average Bonchev–Trinajstić information content (AvgIpc) is 2.20. The van der Waals surface area contributed by atoms with Crippen molar-refractivity contribution in [3.05, 3.63) is 11.8 Å². The Labute approximate surface area is 108 Å². The van der Waals surface area contributed by atoms with Crippen LogP contribution in [0.3, 0.4) is 0 Å². The lowest BCUT2D eigenvalue weighted by Crippen LogP contribution is -2.41. The van der Waals surface area contributed by atoms with Gasteiger partial charge in [-0.1, -0.05) is 0 Å². The lowest BCUT2D eigenvalue weighted by atomic mass is 9.98. The van der Waals surface area contributed by atoms with E-state index >= 15 is 0 Å². The van der Waals surface area contributed by atoms with Gasteiger partial charge >= 0.3 is 5.97 Å². The summed E-state index contributed by atoms with van der Waals surface area (Å²) in [6.07, 6.45) is 2.43. The molecule has 0 aliphatic carbocycles. The van der Waals surface area contributed by atoms with Gasteiger partial charge in [0.2, 0.25) is 0 Å². The van der Waals surface area contributed by atoms with E-state index < -0.39 is 5.41 Å². The quantitative estimate of drug-likeness (QED) is 0.693. The molecule has 0 radical (unpaired) electrons. The fourth-order valence-corrected chi connectivity index (χ4v) is 1.51. The smallest absolute Gasteiger partial charge is 0.330 e. The van der Waals surface area contributed by atoms with E-state index in [0.717, 1.165) is 5.57 Å². The average molecular weight is 254 g/mol.